The lowest BCUT2D eigenvalue weighted by Gasteiger charge is -2.34. The first-order chi connectivity index (χ1) is 36.6. The van der Waals surface area contributed by atoms with Gasteiger partial charge in [-0.25, -0.2) is 0 Å². The molecule has 1 aromatic heterocycles. The molecule has 11 aromatic carbocycles. The smallest absolute Gasteiger partial charge is 0.0541 e. The van der Waals surface area contributed by atoms with Gasteiger partial charge in [-0.15, -0.1) is 0 Å². The van der Waals surface area contributed by atoms with Crippen molar-refractivity contribution in [1.29, 1.82) is 0 Å². The van der Waals surface area contributed by atoms with Crippen molar-refractivity contribution < 1.29 is 0 Å². The number of aromatic nitrogens is 1. The molecule has 352 valence electrons. The summed E-state index contributed by atoms with van der Waals surface area (Å²) in [6.07, 6.45) is 6.80. The van der Waals surface area contributed by atoms with Crippen LogP contribution in [0.25, 0.3) is 83.8 Å². The number of nitrogens with zero attached hydrogens (tertiary/aromatic N) is 2. The Hall–Kier alpha value is -9.24. The van der Waals surface area contributed by atoms with Crippen molar-refractivity contribution in [2.45, 2.75) is 24.7 Å². The molecule has 0 saturated carbocycles. The SMILES string of the molecule is C=Cc1ccc(CCCC2(c3ccccc3)c3ccccc3-c3ccc(N(c4ccc(-c5ccc6c(c5)c5cc(-c7ccc(C=C)cc7)ccc5n6-c5ccccc5)cc4)c4ccc5ccccc5c4)cc32)cc1. The summed E-state index contributed by atoms with van der Waals surface area (Å²) >= 11 is 0. The van der Waals surface area contributed by atoms with E-state index in [1.54, 1.807) is 0 Å². The van der Waals surface area contributed by atoms with Gasteiger partial charge in [0, 0.05) is 38.9 Å². The van der Waals surface area contributed by atoms with Crippen molar-refractivity contribution in [2.24, 2.45) is 0 Å². The maximum atomic E-state index is 3.98. The van der Waals surface area contributed by atoms with Crippen LogP contribution >= 0.6 is 0 Å². The summed E-state index contributed by atoms with van der Waals surface area (Å²) in [5.74, 6) is 0. The van der Waals surface area contributed by atoms with Crippen LogP contribution in [-0.4, -0.2) is 4.57 Å². The van der Waals surface area contributed by atoms with Gasteiger partial charge < -0.3 is 9.47 Å². The molecule has 0 amide bonds. The summed E-state index contributed by atoms with van der Waals surface area (Å²) in [4.78, 5) is 2.45. The van der Waals surface area contributed by atoms with Gasteiger partial charge in [0.05, 0.1) is 11.0 Å². The standard InChI is InChI=1S/C72H54N2/c1-3-50-25-27-52(28-26-50)16-15-45-72(59-19-7-5-8-20-59)68-24-14-13-23-64(68)65-42-41-63(49-69(65)72)73(62-40-35-53-17-11-12-18-56(53)46-62)61-38-33-55(34-39-61)58-37-44-71-67(48-58)66-47-57(54-31-29-51(4-2)30-32-54)36-43-70(66)74(71)60-21-9-6-10-22-60/h3-14,17-44,46-49H,1-2,15-16,45H2. The third kappa shape index (κ3) is 7.75. The molecule has 0 N–H and O–H groups in total. The van der Waals surface area contributed by atoms with Gasteiger partial charge in [-0.05, 0) is 170 Å². The van der Waals surface area contributed by atoms with Crippen molar-refractivity contribution in [1.82, 2.24) is 4.57 Å². The second-order valence-corrected chi connectivity index (χ2v) is 19.7. The molecule has 1 heterocycles. The van der Waals surface area contributed by atoms with E-state index >= 15 is 0 Å². The van der Waals surface area contributed by atoms with Crippen molar-refractivity contribution in [3.63, 3.8) is 0 Å². The zero-order chi connectivity index (χ0) is 49.6. The van der Waals surface area contributed by atoms with Crippen molar-refractivity contribution >= 4 is 61.8 Å². The summed E-state index contributed by atoms with van der Waals surface area (Å²) in [5, 5.41) is 4.88. The molecular formula is C72H54N2. The highest BCUT2D eigenvalue weighted by Gasteiger charge is 2.44. The molecule has 74 heavy (non-hydrogen) atoms. The van der Waals surface area contributed by atoms with E-state index in [9.17, 15) is 0 Å². The third-order valence-electron chi connectivity index (χ3n) is 15.6. The lowest BCUT2D eigenvalue weighted by Crippen LogP contribution is -2.27. The number of para-hydroxylation sites is 1. The number of rotatable bonds is 13. The number of benzene rings is 11. The summed E-state index contributed by atoms with van der Waals surface area (Å²) in [6, 6.07) is 94.4. The fraction of sp³-hybridized carbons (Fsp3) is 0.0556. The summed E-state index contributed by atoms with van der Waals surface area (Å²) < 4.78 is 2.40. The summed E-state index contributed by atoms with van der Waals surface area (Å²) in [6.45, 7) is 7.95. The molecule has 0 saturated heterocycles. The second-order valence-electron chi connectivity index (χ2n) is 19.7. The van der Waals surface area contributed by atoms with E-state index in [2.05, 4.69) is 277 Å². The topological polar surface area (TPSA) is 8.17 Å². The molecule has 0 spiro atoms. The average Bonchev–Trinajstić information content (AvgIpc) is 3.95. The highest BCUT2D eigenvalue weighted by molar-refractivity contribution is 6.11. The van der Waals surface area contributed by atoms with Crippen LogP contribution in [0.2, 0.25) is 0 Å². The van der Waals surface area contributed by atoms with E-state index in [1.807, 2.05) is 12.2 Å². The Morgan fingerprint density at radius 1 is 0.405 bits per heavy atom. The van der Waals surface area contributed by atoms with E-state index in [0.717, 1.165) is 58.7 Å². The highest BCUT2D eigenvalue weighted by Crippen LogP contribution is 2.56. The van der Waals surface area contributed by atoms with Crippen LogP contribution < -0.4 is 4.90 Å². The van der Waals surface area contributed by atoms with Gasteiger partial charge in [0.15, 0.2) is 0 Å². The van der Waals surface area contributed by atoms with Gasteiger partial charge in [-0.3, -0.25) is 0 Å². The predicted octanol–water partition coefficient (Wildman–Crippen LogP) is 19.4. The summed E-state index contributed by atoms with van der Waals surface area (Å²) in [7, 11) is 0. The van der Waals surface area contributed by atoms with Crippen LogP contribution in [0.3, 0.4) is 0 Å². The third-order valence-corrected chi connectivity index (χ3v) is 15.6. The Morgan fingerprint density at radius 2 is 0.932 bits per heavy atom. The monoisotopic (exact) mass is 946 g/mol. The first-order valence-corrected chi connectivity index (χ1v) is 25.8. The molecule has 0 aliphatic heterocycles. The van der Waals surface area contributed by atoms with Crippen LogP contribution in [0.15, 0.2) is 268 Å². The van der Waals surface area contributed by atoms with Gasteiger partial charge >= 0.3 is 0 Å². The Bertz CT molecular complexity index is 4050. The minimum atomic E-state index is -0.345. The van der Waals surface area contributed by atoms with Gasteiger partial charge in [-0.2, -0.15) is 0 Å². The lowest BCUT2D eigenvalue weighted by atomic mass is 9.69. The number of hydrogen-bond acceptors (Lipinski definition) is 1. The zero-order valence-corrected chi connectivity index (χ0v) is 41.3. The molecule has 1 aliphatic carbocycles. The highest BCUT2D eigenvalue weighted by atomic mass is 15.1. The Kier molecular flexibility index (Phi) is 11.3. The Morgan fingerprint density at radius 3 is 1.61 bits per heavy atom. The van der Waals surface area contributed by atoms with Crippen LogP contribution in [-0.2, 0) is 11.8 Å². The lowest BCUT2D eigenvalue weighted by molar-refractivity contribution is 0.544. The minimum Gasteiger partial charge on any atom is -0.310 e. The normalized spacial score (nSPS) is 13.7. The summed E-state index contributed by atoms with van der Waals surface area (Å²) in [5.41, 5.74) is 21.5. The molecule has 0 bridgehead atoms. The molecule has 2 nitrogen and oxygen atoms in total. The second kappa shape index (κ2) is 18.7. The van der Waals surface area contributed by atoms with Crippen molar-refractivity contribution in [3.05, 3.63) is 301 Å². The van der Waals surface area contributed by atoms with Gasteiger partial charge in [0.1, 0.15) is 0 Å². The van der Waals surface area contributed by atoms with Crippen LogP contribution in [0, 0.1) is 0 Å². The minimum absolute atomic E-state index is 0.345. The fourth-order valence-corrected chi connectivity index (χ4v) is 11.9. The van der Waals surface area contributed by atoms with Crippen LogP contribution in [0.4, 0.5) is 17.1 Å². The first kappa shape index (κ1) is 44.7. The molecule has 2 heteroatoms. The molecule has 13 rings (SSSR count). The van der Waals surface area contributed by atoms with E-state index < -0.39 is 0 Å². The van der Waals surface area contributed by atoms with E-state index in [0.29, 0.717) is 0 Å². The largest absolute Gasteiger partial charge is 0.310 e. The van der Waals surface area contributed by atoms with Crippen LogP contribution in [0.5, 0.6) is 0 Å². The molecule has 0 fully saturated rings. The zero-order valence-electron chi connectivity index (χ0n) is 41.3. The Labute approximate surface area is 434 Å². The van der Waals surface area contributed by atoms with Gasteiger partial charge in [0.25, 0.3) is 0 Å². The van der Waals surface area contributed by atoms with Crippen LogP contribution in [0.1, 0.15) is 46.2 Å². The molecule has 1 aliphatic rings. The predicted molar refractivity (Wildman–Crippen MR) is 315 cm³/mol. The molecule has 0 radical (unpaired) electrons. The van der Waals surface area contributed by atoms with E-state index in [4.69, 9.17) is 0 Å². The van der Waals surface area contributed by atoms with Gasteiger partial charge in [0.2, 0.25) is 0 Å². The molecule has 1 unspecified atom stereocenters. The molecule has 1 atom stereocenters. The maximum absolute atomic E-state index is 3.98. The molecule has 12 aromatic rings. The fourth-order valence-electron chi connectivity index (χ4n) is 11.9. The van der Waals surface area contributed by atoms with Crippen molar-refractivity contribution in [2.75, 3.05) is 4.90 Å². The quantitative estimate of drug-likeness (QED) is 0.112. The number of hydrogen-bond donors (Lipinski definition) is 0. The number of fused-ring (bicyclic) bond motifs is 7. The number of aryl methyl sites for hydroxylation is 1. The average molecular weight is 947 g/mol. The van der Waals surface area contributed by atoms with Gasteiger partial charge in [-0.1, -0.05) is 207 Å². The number of anilines is 3. The van der Waals surface area contributed by atoms with Crippen molar-refractivity contribution in [3.8, 4) is 39.1 Å². The molecular weight excluding hydrogens is 893 g/mol. The van der Waals surface area contributed by atoms with E-state index in [-0.39, 0.29) is 5.41 Å². The van der Waals surface area contributed by atoms with E-state index in [1.165, 1.54) is 82.6 Å². The Balaban J connectivity index is 0.930. The maximum Gasteiger partial charge on any atom is 0.0541 e. The first-order valence-electron chi connectivity index (χ1n) is 25.8.